The molecule has 0 saturated heterocycles. The van der Waals surface area contributed by atoms with Gasteiger partial charge in [-0.05, 0) is 54.5 Å². The smallest absolute Gasteiger partial charge is 0.255 e. The van der Waals surface area contributed by atoms with Crippen molar-refractivity contribution >= 4 is 51.8 Å². The second-order valence-corrected chi connectivity index (χ2v) is 7.55. The molecule has 0 saturated carbocycles. The van der Waals surface area contributed by atoms with Crippen LogP contribution in [-0.4, -0.2) is 47.6 Å². The Bertz CT molecular complexity index is 958. The van der Waals surface area contributed by atoms with Crippen molar-refractivity contribution in [2.24, 2.45) is 0 Å². The Morgan fingerprint density at radius 1 is 1.20 bits per heavy atom. The quantitative estimate of drug-likeness (QED) is 0.451. The van der Waals surface area contributed by atoms with Crippen molar-refractivity contribution in [1.82, 2.24) is 10.6 Å². The molecular formula is C19H21ClN3O5S2-. The highest BCUT2D eigenvalue weighted by molar-refractivity contribution is 7.86. The molecule has 0 bridgehead atoms. The minimum Gasteiger partial charge on any atom is -0.755 e. The Kier molecular flexibility index (Phi) is 8.85. The van der Waals surface area contributed by atoms with Gasteiger partial charge in [0, 0.05) is 18.6 Å². The first-order chi connectivity index (χ1) is 14.3. The summed E-state index contributed by atoms with van der Waals surface area (Å²) in [6.45, 7) is 0.313. The molecule has 0 radical (unpaired) electrons. The molecule has 2 rings (SSSR count). The zero-order chi connectivity index (χ0) is 22.3. The number of nitrogens with one attached hydrogen (secondary N) is 2. The van der Waals surface area contributed by atoms with E-state index in [4.69, 9.17) is 33.3 Å². The Hall–Kier alpha value is -2.40. The van der Waals surface area contributed by atoms with E-state index in [9.17, 15) is 13.6 Å². The van der Waals surface area contributed by atoms with Crippen LogP contribution in [0, 0.1) is 0 Å². The number of nitrogens with zero attached hydrogens (tertiary/aromatic N) is 1. The average molecular weight is 471 g/mol. The minimum absolute atomic E-state index is 0.00178. The molecule has 2 N–H and O–H groups in total. The Labute approximate surface area is 187 Å². The van der Waals surface area contributed by atoms with Gasteiger partial charge in [-0.2, -0.15) is 0 Å². The number of amides is 1. The molecule has 2 aromatic carbocycles. The van der Waals surface area contributed by atoms with Gasteiger partial charge in [0.1, 0.15) is 11.5 Å². The number of carbonyl (C=O) groups excluding carboxylic acids is 1. The monoisotopic (exact) mass is 470 g/mol. The van der Waals surface area contributed by atoms with Crippen molar-refractivity contribution in [1.29, 1.82) is 0 Å². The number of ether oxygens (including phenoxy) is 2. The molecule has 8 nitrogen and oxygen atoms in total. The fourth-order valence-corrected chi connectivity index (χ4v) is 3.65. The van der Waals surface area contributed by atoms with E-state index in [1.54, 1.807) is 36.4 Å². The van der Waals surface area contributed by atoms with Crippen LogP contribution in [0.15, 0.2) is 36.4 Å². The summed E-state index contributed by atoms with van der Waals surface area (Å²) in [6.07, 6.45) is 0.449. The van der Waals surface area contributed by atoms with E-state index < -0.39 is 11.3 Å². The van der Waals surface area contributed by atoms with E-state index in [1.165, 1.54) is 21.3 Å². The molecule has 0 heterocycles. The van der Waals surface area contributed by atoms with Crippen molar-refractivity contribution in [3.63, 3.8) is 0 Å². The molecule has 0 spiro atoms. The lowest BCUT2D eigenvalue weighted by atomic mass is 10.1. The first-order valence-corrected chi connectivity index (χ1v) is 10.5. The van der Waals surface area contributed by atoms with Gasteiger partial charge in [-0.3, -0.25) is 9.00 Å². The van der Waals surface area contributed by atoms with Gasteiger partial charge in [0.05, 0.1) is 36.7 Å². The van der Waals surface area contributed by atoms with E-state index in [-0.39, 0.29) is 16.7 Å². The third-order valence-electron chi connectivity index (χ3n) is 4.12. The van der Waals surface area contributed by atoms with Crippen LogP contribution >= 0.6 is 23.8 Å². The standard InChI is InChI=1S/C19H22ClN3O5S2/c1-21-19(29)23(30(25)26)15-10-12(4-7-16(15)27-2)8-9-22-18(24)14-6-5-13(20)11-17(14)28-3/h4-7,10-11H,8-9H2,1-3H3,(H,21,29)(H,22,24)(H,25,26)/p-1. The second-order valence-electron chi connectivity index (χ2n) is 5.92. The molecule has 0 aliphatic rings. The van der Waals surface area contributed by atoms with Gasteiger partial charge in [0.15, 0.2) is 5.11 Å². The molecule has 11 heteroatoms. The highest BCUT2D eigenvalue weighted by Gasteiger charge is 2.18. The molecule has 162 valence electrons. The lowest BCUT2D eigenvalue weighted by Gasteiger charge is -2.28. The predicted molar refractivity (Wildman–Crippen MR) is 120 cm³/mol. The number of anilines is 1. The number of carbonyl (C=O) groups is 1. The third kappa shape index (κ3) is 5.82. The summed E-state index contributed by atoms with van der Waals surface area (Å²) >= 11 is 8.36. The Morgan fingerprint density at radius 2 is 1.90 bits per heavy atom. The van der Waals surface area contributed by atoms with Gasteiger partial charge in [0.2, 0.25) is 0 Å². The van der Waals surface area contributed by atoms with Crippen LogP contribution < -0.4 is 24.4 Å². The van der Waals surface area contributed by atoms with E-state index in [2.05, 4.69) is 10.6 Å². The first kappa shape index (κ1) is 23.9. The van der Waals surface area contributed by atoms with E-state index in [1.807, 2.05) is 0 Å². The predicted octanol–water partition coefficient (Wildman–Crippen LogP) is 2.43. The topological polar surface area (TPSA) is 103 Å². The van der Waals surface area contributed by atoms with Crippen LogP contribution in [0.3, 0.4) is 0 Å². The molecule has 0 aromatic heterocycles. The zero-order valence-corrected chi connectivity index (χ0v) is 19.0. The van der Waals surface area contributed by atoms with Gasteiger partial charge >= 0.3 is 0 Å². The lowest BCUT2D eigenvalue weighted by molar-refractivity contribution is 0.0951. The Morgan fingerprint density at radius 3 is 2.50 bits per heavy atom. The fourth-order valence-electron chi connectivity index (χ4n) is 2.68. The third-order valence-corrected chi connectivity index (χ3v) is 5.53. The van der Waals surface area contributed by atoms with Crippen LogP contribution in [0.1, 0.15) is 15.9 Å². The van der Waals surface area contributed by atoms with Crippen LogP contribution in [0.5, 0.6) is 11.5 Å². The highest BCUT2D eigenvalue weighted by atomic mass is 35.5. The van der Waals surface area contributed by atoms with Crippen molar-refractivity contribution in [3.8, 4) is 11.5 Å². The maximum atomic E-state index is 12.4. The largest absolute Gasteiger partial charge is 0.755 e. The number of methoxy groups -OCH3 is 2. The van der Waals surface area contributed by atoms with Gasteiger partial charge < -0.3 is 24.7 Å². The maximum absolute atomic E-state index is 12.4. The molecule has 30 heavy (non-hydrogen) atoms. The summed E-state index contributed by atoms with van der Waals surface area (Å²) in [6, 6.07) is 9.83. The number of halogens is 1. The summed E-state index contributed by atoms with van der Waals surface area (Å²) in [5.74, 6) is 0.410. The summed E-state index contributed by atoms with van der Waals surface area (Å²) in [7, 11) is 4.42. The Balaban J connectivity index is 2.15. The maximum Gasteiger partial charge on any atom is 0.255 e. The number of hydrogen-bond acceptors (Lipinski definition) is 6. The minimum atomic E-state index is -2.64. The summed E-state index contributed by atoms with van der Waals surface area (Å²) < 4.78 is 34.8. The second kappa shape index (κ2) is 11.1. The SMILES string of the molecule is CNC(=S)N(c1cc(CCNC(=O)c2ccc(Cl)cc2OC)ccc1OC)S(=O)[O-]. The van der Waals surface area contributed by atoms with E-state index in [0.717, 1.165) is 9.87 Å². The van der Waals surface area contributed by atoms with E-state index >= 15 is 0 Å². The number of rotatable bonds is 8. The van der Waals surface area contributed by atoms with Gasteiger partial charge in [0.25, 0.3) is 5.91 Å². The van der Waals surface area contributed by atoms with E-state index in [0.29, 0.717) is 35.1 Å². The highest BCUT2D eigenvalue weighted by Crippen LogP contribution is 2.30. The fraction of sp³-hybridized carbons (Fsp3) is 0.263. The summed E-state index contributed by atoms with van der Waals surface area (Å²) in [5, 5.41) is 5.91. The van der Waals surface area contributed by atoms with Crippen LogP contribution in [0.25, 0.3) is 0 Å². The molecule has 1 amide bonds. The van der Waals surface area contributed by atoms with Crippen molar-refractivity contribution in [2.45, 2.75) is 6.42 Å². The van der Waals surface area contributed by atoms with Crippen LogP contribution in [0.4, 0.5) is 5.69 Å². The zero-order valence-electron chi connectivity index (χ0n) is 16.6. The van der Waals surface area contributed by atoms with Gasteiger partial charge in [-0.1, -0.05) is 17.7 Å². The van der Waals surface area contributed by atoms with Crippen molar-refractivity contribution < 1.29 is 23.0 Å². The van der Waals surface area contributed by atoms with Crippen LogP contribution in [-0.2, 0) is 17.7 Å². The normalized spacial score (nSPS) is 11.4. The number of thiocarbonyl (C=S) groups is 1. The first-order valence-electron chi connectivity index (χ1n) is 8.72. The molecule has 0 aliphatic carbocycles. The molecular weight excluding hydrogens is 450 g/mol. The average Bonchev–Trinajstić information content (AvgIpc) is 2.73. The van der Waals surface area contributed by atoms with Gasteiger partial charge in [-0.15, -0.1) is 0 Å². The molecule has 0 fully saturated rings. The van der Waals surface area contributed by atoms with Crippen molar-refractivity contribution in [2.75, 3.05) is 32.1 Å². The van der Waals surface area contributed by atoms with Crippen molar-refractivity contribution in [3.05, 3.63) is 52.5 Å². The number of hydrogen-bond donors (Lipinski definition) is 2. The molecule has 1 atom stereocenters. The molecule has 0 aliphatic heterocycles. The van der Waals surface area contributed by atoms with Crippen LogP contribution in [0.2, 0.25) is 5.02 Å². The molecule has 1 unspecified atom stereocenters. The number of benzene rings is 2. The van der Waals surface area contributed by atoms with Gasteiger partial charge in [-0.25, -0.2) is 4.31 Å². The summed E-state index contributed by atoms with van der Waals surface area (Å²) in [4.78, 5) is 12.4. The lowest BCUT2D eigenvalue weighted by Crippen LogP contribution is -2.39. The summed E-state index contributed by atoms with van der Waals surface area (Å²) in [5.41, 5.74) is 1.42. The molecule has 2 aromatic rings.